The maximum absolute atomic E-state index is 12.9. The zero-order valence-corrected chi connectivity index (χ0v) is 9.78. The smallest absolute Gasteiger partial charge is 0.395 e. The molecule has 1 aromatic carbocycles. The third-order valence-electron chi connectivity index (χ3n) is 3.46. The van der Waals surface area contributed by atoms with Gasteiger partial charge < -0.3 is 5.11 Å². The lowest BCUT2D eigenvalue weighted by molar-refractivity contribution is -0.139. The predicted octanol–water partition coefficient (Wildman–Crippen LogP) is 3.77. The summed E-state index contributed by atoms with van der Waals surface area (Å²) in [6, 6.07) is 3.76. The third kappa shape index (κ3) is 2.04. The highest BCUT2D eigenvalue weighted by Crippen LogP contribution is 2.50. The minimum absolute atomic E-state index is 0.0583. The minimum atomic E-state index is -4.43. The van der Waals surface area contributed by atoms with Crippen molar-refractivity contribution < 1.29 is 18.3 Å². The molecule has 0 aromatic heterocycles. The van der Waals surface area contributed by atoms with Crippen molar-refractivity contribution >= 4 is 11.6 Å². The van der Waals surface area contributed by atoms with Crippen LogP contribution in [-0.2, 0) is 11.6 Å². The second-order valence-corrected chi connectivity index (χ2v) is 4.86. The Morgan fingerprint density at radius 3 is 2.35 bits per heavy atom. The van der Waals surface area contributed by atoms with Crippen LogP contribution in [0.5, 0.6) is 0 Å². The van der Waals surface area contributed by atoms with Crippen molar-refractivity contribution in [1.29, 1.82) is 0 Å². The van der Waals surface area contributed by atoms with Gasteiger partial charge in [0.25, 0.3) is 0 Å². The highest BCUT2D eigenvalue weighted by atomic mass is 35.5. The Morgan fingerprint density at radius 2 is 1.94 bits per heavy atom. The van der Waals surface area contributed by atoms with E-state index in [0.29, 0.717) is 12.8 Å². The molecule has 1 aliphatic carbocycles. The van der Waals surface area contributed by atoms with Crippen LogP contribution in [-0.4, -0.2) is 11.7 Å². The summed E-state index contributed by atoms with van der Waals surface area (Å²) >= 11 is 5.90. The molecule has 1 aliphatic rings. The standard InChI is InChI=1S/C12H12ClF3O/c13-9-4-1-3-8(12(14,15)16)10(9)11(7-17)5-2-6-11/h1,3-4,17H,2,5-7H2. The Bertz CT molecular complexity index is 419. The maximum Gasteiger partial charge on any atom is 0.416 e. The predicted molar refractivity (Wildman–Crippen MR) is 59.1 cm³/mol. The lowest BCUT2D eigenvalue weighted by atomic mass is 9.64. The lowest BCUT2D eigenvalue weighted by Crippen LogP contribution is -2.40. The first kappa shape index (κ1) is 12.7. The lowest BCUT2D eigenvalue weighted by Gasteiger charge is -2.42. The van der Waals surface area contributed by atoms with E-state index in [-0.39, 0.29) is 17.2 Å². The molecule has 0 heterocycles. The average molecular weight is 265 g/mol. The van der Waals surface area contributed by atoms with Crippen molar-refractivity contribution in [2.45, 2.75) is 30.9 Å². The van der Waals surface area contributed by atoms with E-state index in [9.17, 15) is 18.3 Å². The molecule has 0 radical (unpaired) electrons. The van der Waals surface area contributed by atoms with Gasteiger partial charge in [0.1, 0.15) is 0 Å². The molecular weight excluding hydrogens is 253 g/mol. The van der Waals surface area contributed by atoms with Gasteiger partial charge in [-0.15, -0.1) is 0 Å². The van der Waals surface area contributed by atoms with E-state index in [4.69, 9.17) is 11.6 Å². The molecule has 17 heavy (non-hydrogen) atoms. The summed E-state index contributed by atoms with van der Waals surface area (Å²) in [5, 5.41) is 9.47. The van der Waals surface area contributed by atoms with Crippen molar-refractivity contribution in [2.24, 2.45) is 0 Å². The minimum Gasteiger partial charge on any atom is -0.395 e. The number of halogens is 4. The monoisotopic (exact) mass is 264 g/mol. The highest BCUT2D eigenvalue weighted by Gasteiger charge is 2.46. The number of alkyl halides is 3. The van der Waals surface area contributed by atoms with Crippen molar-refractivity contribution in [2.75, 3.05) is 6.61 Å². The summed E-state index contributed by atoms with van der Waals surface area (Å²) in [5.74, 6) is 0. The van der Waals surface area contributed by atoms with Crippen LogP contribution in [0.15, 0.2) is 18.2 Å². The molecule has 1 N–H and O–H groups in total. The van der Waals surface area contributed by atoms with Crippen molar-refractivity contribution in [3.05, 3.63) is 34.3 Å². The van der Waals surface area contributed by atoms with E-state index in [2.05, 4.69) is 0 Å². The number of aliphatic hydroxyl groups is 1. The van der Waals surface area contributed by atoms with Crippen LogP contribution in [0.2, 0.25) is 5.02 Å². The van der Waals surface area contributed by atoms with Crippen LogP contribution >= 0.6 is 11.6 Å². The van der Waals surface area contributed by atoms with E-state index < -0.39 is 17.2 Å². The topological polar surface area (TPSA) is 20.2 Å². The zero-order valence-electron chi connectivity index (χ0n) is 9.02. The van der Waals surface area contributed by atoms with E-state index in [0.717, 1.165) is 12.5 Å². The van der Waals surface area contributed by atoms with Crippen molar-refractivity contribution in [1.82, 2.24) is 0 Å². The molecule has 0 spiro atoms. The van der Waals surface area contributed by atoms with Gasteiger partial charge in [0, 0.05) is 10.4 Å². The summed E-state index contributed by atoms with van der Waals surface area (Å²) < 4.78 is 38.7. The summed E-state index contributed by atoms with van der Waals surface area (Å²) in [4.78, 5) is 0. The van der Waals surface area contributed by atoms with Crippen molar-refractivity contribution in [3.63, 3.8) is 0 Å². The molecule has 0 amide bonds. The molecule has 0 atom stereocenters. The molecule has 2 rings (SSSR count). The SMILES string of the molecule is OCC1(c2c(Cl)cccc2C(F)(F)F)CCC1. The molecular formula is C12H12ClF3O. The average Bonchev–Trinajstić information content (AvgIpc) is 2.17. The van der Waals surface area contributed by atoms with Gasteiger partial charge in [-0.05, 0) is 30.5 Å². The normalized spacial score (nSPS) is 18.9. The molecule has 1 nitrogen and oxygen atoms in total. The van der Waals surface area contributed by atoms with Gasteiger partial charge >= 0.3 is 6.18 Å². The van der Waals surface area contributed by atoms with Crippen LogP contribution in [0.25, 0.3) is 0 Å². The fourth-order valence-electron chi connectivity index (χ4n) is 2.39. The second-order valence-electron chi connectivity index (χ2n) is 4.45. The maximum atomic E-state index is 12.9. The second kappa shape index (κ2) is 4.18. The largest absolute Gasteiger partial charge is 0.416 e. The van der Waals surface area contributed by atoms with Crippen LogP contribution in [0.3, 0.4) is 0 Å². The van der Waals surface area contributed by atoms with Crippen LogP contribution in [0.1, 0.15) is 30.4 Å². The first-order valence-electron chi connectivity index (χ1n) is 5.38. The van der Waals surface area contributed by atoms with E-state index in [1.54, 1.807) is 0 Å². The Morgan fingerprint density at radius 1 is 1.29 bits per heavy atom. The Hall–Kier alpha value is -0.740. The quantitative estimate of drug-likeness (QED) is 0.862. The molecule has 94 valence electrons. The Labute approximate surface area is 102 Å². The zero-order chi connectivity index (χ0) is 12.7. The molecule has 0 saturated heterocycles. The molecule has 0 bridgehead atoms. The van der Waals surface area contributed by atoms with Crippen molar-refractivity contribution in [3.8, 4) is 0 Å². The molecule has 0 aliphatic heterocycles. The molecule has 5 heteroatoms. The number of hydrogen-bond donors (Lipinski definition) is 1. The van der Waals surface area contributed by atoms with Crippen LogP contribution < -0.4 is 0 Å². The molecule has 1 saturated carbocycles. The Balaban J connectivity index is 2.59. The van der Waals surface area contributed by atoms with Crippen LogP contribution in [0, 0.1) is 0 Å². The Kier molecular flexibility index (Phi) is 3.12. The number of hydrogen-bond acceptors (Lipinski definition) is 1. The van der Waals surface area contributed by atoms with E-state index >= 15 is 0 Å². The van der Waals surface area contributed by atoms with Gasteiger partial charge in [-0.2, -0.15) is 13.2 Å². The summed E-state index contributed by atoms with van der Waals surface area (Å²) in [7, 11) is 0. The van der Waals surface area contributed by atoms with Gasteiger partial charge in [-0.1, -0.05) is 24.1 Å². The third-order valence-corrected chi connectivity index (χ3v) is 3.78. The van der Waals surface area contributed by atoms with Crippen LogP contribution in [0.4, 0.5) is 13.2 Å². The highest BCUT2D eigenvalue weighted by molar-refractivity contribution is 6.31. The first-order valence-corrected chi connectivity index (χ1v) is 5.75. The van der Waals surface area contributed by atoms with E-state index in [1.807, 2.05) is 0 Å². The molecule has 0 unspecified atom stereocenters. The van der Waals surface area contributed by atoms with Gasteiger partial charge in [0.15, 0.2) is 0 Å². The van der Waals surface area contributed by atoms with E-state index in [1.165, 1.54) is 12.1 Å². The fourth-order valence-corrected chi connectivity index (χ4v) is 2.77. The fraction of sp³-hybridized carbons (Fsp3) is 0.500. The molecule has 1 aromatic rings. The number of aliphatic hydroxyl groups excluding tert-OH is 1. The van der Waals surface area contributed by atoms with Gasteiger partial charge in [0.2, 0.25) is 0 Å². The summed E-state index contributed by atoms with van der Waals surface area (Å²) in [6.07, 6.45) is -2.51. The number of benzene rings is 1. The van der Waals surface area contributed by atoms with Gasteiger partial charge in [-0.25, -0.2) is 0 Å². The number of rotatable bonds is 2. The summed E-state index contributed by atoms with van der Waals surface area (Å²) in [6.45, 7) is -0.292. The summed E-state index contributed by atoms with van der Waals surface area (Å²) in [5.41, 5.74) is -1.47. The molecule has 1 fully saturated rings. The van der Waals surface area contributed by atoms with Gasteiger partial charge in [0.05, 0.1) is 12.2 Å². The van der Waals surface area contributed by atoms with Gasteiger partial charge in [-0.3, -0.25) is 0 Å². The first-order chi connectivity index (χ1) is 7.91.